The largest absolute Gasteiger partial charge is 0.261 e. The Morgan fingerprint density at radius 3 is 2.28 bits per heavy atom. The number of benzene rings is 1. The molecule has 1 nitrogen and oxygen atoms in total. The van der Waals surface area contributed by atoms with Gasteiger partial charge in [-0.1, -0.05) is 58.2 Å². The first-order chi connectivity index (χ1) is 8.58. The van der Waals surface area contributed by atoms with E-state index >= 15 is 0 Å². The number of nitrogens with zero attached hydrogens (tertiary/aromatic N) is 1. The molecule has 0 aliphatic carbocycles. The lowest BCUT2D eigenvalue weighted by atomic mass is 9.95. The Balaban J connectivity index is 2.28. The van der Waals surface area contributed by atoms with Crippen LogP contribution in [0.25, 0.3) is 0 Å². The summed E-state index contributed by atoms with van der Waals surface area (Å²) in [4.78, 5) is 4.74. The van der Waals surface area contributed by atoms with Crippen molar-refractivity contribution in [3.05, 3.63) is 65.0 Å². The molecule has 1 aromatic carbocycles. The summed E-state index contributed by atoms with van der Waals surface area (Å²) in [6.45, 7) is 6.49. The van der Waals surface area contributed by atoms with Crippen LogP contribution in [0, 0.1) is 13.8 Å². The van der Waals surface area contributed by atoms with Crippen molar-refractivity contribution in [2.45, 2.75) is 31.5 Å². The van der Waals surface area contributed by atoms with Crippen LogP contribution in [-0.4, -0.2) is 4.98 Å². The quantitative estimate of drug-likeness (QED) is 0.732. The Labute approximate surface area is 117 Å². The van der Waals surface area contributed by atoms with Crippen LogP contribution in [0.3, 0.4) is 0 Å². The van der Waals surface area contributed by atoms with Gasteiger partial charge < -0.3 is 0 Å². The summed E-state index contributed by atoms with van der Waals surface area (Å²) in [6.07, 6.45) is 1.85. The molecular formula is C16H18BrN. The number of hydrogen-bond acceptors (Lipinski definition) is 1. The number of hydrogen-bond donors (Lipinski definition) is 0. The van der Waals surface area contributed by atoms with Crippen molar-refractivity contribution < 1.29 is 0 Å². The van der Waals surface area contributed by atoms with Crippen LogP contribution in [-0.2, 0) is 0 Å². The Morgan fingerprint density at radius 1 is 1.06 bits per heavy atom. The number of alkyl halides is 1. The average Bonchev–Trinajstić information content (AvgIpc) is 2.37. The molecule has 0 bridgehead atoms. The molecule has 1 heterocycles. The number of halogens is 1. The summed E-state index contributed by atoms with van der Waals surface area (Å²) in [6, 6.07) is 12.8. The second kappa shape index (κ2) is 5.66. The third-order valence-electron chi connectivity index (χ3n) is 3.16. The van der Waals surface area contributed by atoms with E-state index in [0.717, 1.165) is 5.69 Å². The second-order valence-electron chi connectivity index (χ2n) is 4.87. The van der Waals surface area contributed by atoms with Gasteiger partial charge in [0.15, 0.2) is 0 Å². The SMILES string of the molecule is Cc1cc(C)cc(C(Br)C(C)c2ccccn2)c1. The molecule has 2 atom stereocenters. The van der Waals surface area contributed by atoms with Crippen LogP contribution < -0.4 is 0 Å². The summed E-state index contributed by atoms with van der Waals surface area (Å²) < 4.78 is 0. The zero-order valence-electron chi connectivity index (χ0n) is 11.0. The third kappa shape index (κ3) is 2.99. The van der Waals surface area contributed by atoms with E-state index in [9.17, 15) is 0 Å². The van der Waals surface area contributed by atoms with Gasteiger partial charge in [-0.25, -0.2) is 0 Å². The van der Waals surface area contributed by atoms with Crippen molar-refractivity contribution in [3.8, 4) is 0 Å². The molecule has 0 amide bonds. The molecule has 0 aliphatic heterocycles. The van der Waals surface area contributed by atoms with Gasteiger partial charge in [-0.2, -0.15) is 0 Å². The van der Waals surface area contributed by atoms with Gasteiger partial charge in [-0.3, -0.25) is 4.98 Å². The molecule has 2 aromatic rings. The molecule has 2 heteroatoms. The van der Waals surface area contributed by atoms with E-state index in [2.05, 4.69) is 66.0 Å². The summed E-state index contributed by atoms with van der Waals surface area (Å²) >= 11 is 3.82. The van der Waals surface area contributed by atoms with E-state index in [0.29, 0.717) is 10.7 Å². The molecule has 0 saturated heterocycles. The lowest BCUT2D eigenvalue weighted by Crippen LogP contribution is -2.04. The fourth-order valence-electron chi connectivity index (χ4n) is 2.25. The maximum atomic E-state index is 4.44. The smallest absolute Gasteiger partial charge is 0.0476 e. The van der Waals surface area contributed by atoms with Crippen molar-refractivity contribution in [3.63, 3.8) is 0 Å². The first kappa shape index (κ1) is 13.3. The van der Waals surface area contributed by atoms with Crippen LogP contribution in [0.2, 0.25) is 0 Å². The minimum absolute atomic E-state index is 0.297. The first-order valence-corrected chi connectivity index (χ1v) is 7.12. The number of rotatable bonds is 3. The van der Waals surface area contributed by atoms with Gasteiger partial charge in [0.05, 0.1) is 0 Å². The lowest BCUT2D eigenvalue weighted by Gasteiger charge is -2.19. The topological polar surface area (TPSA) is 12.9 Å². The molecule has 2 rings (SSSR count). The molecule has 0 saturated carbocycles. The third-order valence-corrected chi connectivity index (χ3v) is 4.48. The molecular weight excluding hydrogens is 286 g/mol. The van der Waals surface area contributed by atoms with Gasteiger partial charge in [-0.05, 0) is 31.5 Å². The van der Waals surface area contributed by atoms with E-state index in [4.69, 9.17) is 0 Å². The molecule has 0 fully saturated rings. The highest BCUT2D eigenvalue weighted by atomic mass is 79.9. The Bertz CT molecular complexity index is 502. The van der Waals surface area contributed by atoms with Gasteiger partial charge in [0.2, 0.25) is 0 Å². The van der Waals surface area contributed by atoms with Gasteiger partial charge >= 0.3 is 0 Å². The minimum Gasteiger partial charge on any atom is -0.261 e. The minimum atomic E-state index is 0.297. The lowest BCUT2D eigenvalue weighted by molar-refractivity contribution is 0.723. The highest BCUT2D eigenvalue weighted by Gasteiger charge is 2.19. The van der Waals surface area contributed by atoms with Crippen molar-refractivity contribution in [2.24, 2.45) is 0 Å². The van der Waals surface area contributed by atoms with Crippen LogP contribution in [0.1, 0.15) is 40.1 Å². The van der Waals surface area contributed by atoms with Gasteiger partial charge in [0.1, 0.15) is 0 Å². The van der Waals surface area contributed by atoms with E-state index in [1.54, 1.807) is 0 Å². The molecule has 0 radical (unpaired) electrons. The first-order valence-electron chi connectivity index (χ1n) is 6.21. The maximum absolute atomic E-state index is 4.44. The average molecular weight is 304 g/mol. The zero-order chi connectivity index (χ0) is 13.1. The van der Waals surface area contributed by atoms with Crippen molar-refractivity contribution >= 4 is 15.9 Å². The molecule has 0 spiro atoms. The number of pyridine rings is 1. The Kier molecular flexibility index (Phi) is 4.18. The summed E-state index contributed by atoms with van der Waals surface area (Å²) in [7, 11) is 0. The van der Waals surface area contributed by atoms with Crippen molar-refractivity contribution in [2.75, 3.05) is 0 Å². The summed E-state index contributed by atoms with van der Waals surface area (Å²) in [5.41, 5.74) is 5.06. The zero-order valence-corrected chi connectivity index (χ0v) is 12.6. The van der Waals surface area contributed by atoms with Crippen molar-refractivity contribution in [1.29, 1.82) is 0 Å². The Hall–Kier alpha value is -1.15. The fraction of sp³-hybridized carbons (Fsp3) is 0.312. The summed E-state index contributed by atoms with van der Waals surface area (Å²) in [5.74, 6) is 0.354. The van der Waals surface area contributed by atoms with Crippen LogP contribution in [0.15, 0.2) is 42.6 Å². The van der Waals surface area contributed by atoms with Crippen LogP contribution in [0.5, 0.6) is 0 Å². The highest BCUT2D eigenvalue weighted by molar-refractivity contribution is 9.09. The van der Waals surface area contributed by atoms with Crippen molar-refractivity contribution in [1.82, 2.24) is 4.98 Å². The number of aromatic nitrogens is 1. The van der Waals surface area contributed by atoms with E-state index < -0.39 is 0 Å². The molecule has 1 aromatic heterocycles. The normalized spacial score (nSPS) is 14.2. The van der Waals surface area contributed by atoms with Gasteiger partial charge in [0, 0.05) is 22.6 Å². The standard InChI is InChI=1S/C16H18BrN/c1-11-8-12(2)10-14(9-11)16(17)13(3)15-6-4-5-7-18-15/h4-10,13,16H,1-3H3. The second-order valence-corrected chi connectivity index (χ2v) is 5.85. The monoisotopic (exact) mass is 303 g/mol. The summed E-state index contributed by atoms with van der Waals surface area (Å²) in [5, 5.41) is 0. The maximum Gasteiger partial charge on any atom is 0.0476 e. The van der Waals surface area contributed by atoms with E-state index in [1.165, 1.54) is 16.7 Å². The van der Waals surface area contributed by atoms with Gasteiger partial charge in [0.25, 0.3) is 0 Å². The predicted molar refractivity (Wildman–Crippen MR) is 80.2 cm³/mol. The van der Waals surface area contributed by atoms with Crippen LogP contribution >= 0.6 is 15.9 Å². The van der Waals surface area contributed by atoms with E-state index in [1.807, 2.05) is 18.3 Å². The van der Waals surface area contributed by atoms with E-state index in [-0.39, 0.29) is 0 Å². The number of aryl methyl sites for hydroxylation is 2. The van der Waals surface area contributed by atoms with Gasteiger partial charge in [-0.15, -0.1) is 0 Å². The molecule has 2 unspecified atom stereocenters. The molecule has 0 aliphatic rings. The van der Waals surface area contributed by atoms with Crippen LogP contribution in [0.4, 0.5) is 0 Å². The highest BCUT2D eigenvalue weighted by Crippen LogP contribution is 2.37. The Morgan fingerprint density at radius 2 is 1.72 bits per heavy atom. The molecule has 94 valence electrons. The molecule has 18 heavy (non-hydrogen) atoms. The molecule has 0 N–H and O–H groups in total. The fourth-order valence-corrected chi connectivity index (χ4v) is 2.79. The predicted octanol–water partition coefficient (Wildman–Crippen LogP) is 4.94.